The predicted octanol–water partition coefficient (Wildman–Crippen LogP) is 4.52. The Balaban J connectivity index is 1.59. The van der Waals surface area contributed by atoms with E-state index in [0.29, 0.717) is 22.5 Å². The molecule has 0 aliphatic carbocycles. The fourth-order valence-electron chi connectivity index (χ4n) is 2.73. The van der Waals surface area contributed by atoms with Crippen molar-refractivity contribution in [1.29, 1.82) is 0 Å². The minimum Gasteiger partial charge on any atom is -0.457 e. The average Bonchev–Trinajstić information content (AvgIpc) is 2.98. The molecule has 0 saturated heterocycles. The van der Waals surface area contributed by atoms with Crippen molar-refractivity contribution in [1.82, 2.24) is 14.5 Å². The van der Waals surface area contributed by atoms with Gasteiger partial charge in [0.15, 0.2) is 0 Å². The number of nitrogens with zero attached hydrogens (tertiary/aromatic N) is 2. The van der Waals surface area contributed by atoms with Gasteiger partial charge in [0, 0.05) is 6.20 Å². The van der Waals surface area contributed by atoms with Gasteiger partial charge in [-0.15, -0.1) is 0 Å². The number of aromatic nitrogens is 3. The number of H-pyrrole nitrogens is 1. The van der Waals surface area contributed by atoms with E-state index in [1.54, 1.807) is 42.7 Å². The first-order valence-electron chi connectivity index (χ1n) is 7.92. The summed E-state index contributed by atoms with van der Waals surface area (Å²) in [7, 11) is 0. The minimum atomic E-state index is -4.39. The van der Waals surface area contributed by atoms with Gasteiger partial charge in [-0.2, -0.15) is 13.2 Å². The van der Waals surface area contributed by atoms with Crippen LogP contribution in [0.3, 0.4) is 0 Å². The van der Waals surface area contributed by atoms with Crippen LogP contribution in [-0.2, 0) is 6.18 Å². The van der Waals surface area contributed by atoms with Crippen molar-refractivity contribution in [2.75, 3.05) is 0 Å². The van der Waals surface area contributed by atoms with Crippen LogP contribution >= 0.6 is 0 Å². The maximum absolute atomic E-state index is 12.6. The van der Waals surface area contributed by atoms with Gasteiger partial charge in [0.2, 0.25) is 0 Å². The molecular weight excluding hydrogens is 359 g/mol. The molecular formula is C19H12F3N3O2. The van der Waals surface area contributed by atoms with Crippen LogP contribution in [0, 0.1) is 0 Å². The molecule has 0 saturated carbocycles. The Morgan fingerprint density at radius 1 is 0.926 bits per heavy atom. The zero-order valence-electron chi connectivity index (χ0n) is 13.7. The zero-order valence-corrected chi connectivity index (χ0v) is 13.7. The first-order valence-corrected chi connectivity index (χ1v) is 7.92. The lowest BCUT2D eigenvalue weighted by atomic mass is 10.2. The molecule has 2 heterocycles. The summed E-state index contributed by atoms with van der Waals surface area (Å²) in [4.78, 5) is 18.9. The third-order valence-corrected chi connectivity index (χ3v) is 4.00. The number of imidazole rings is 1. The Morgan fingerprint density at radius 2 is 1.56 bits per heavy atom. The van der Waals surface area contributed by atoms with Crippen LogP contribution in [0.1, 0.15) is 5.56 Å². The third kappa shape index (κ3) is 3.29. The van der Waals surface area contributed by atoms with Crippen molar-refractivity contribution in [3.05, 3.63) is 83.0 Å². The zero-order chi connectivity index (χ0) is 19.0. The fraction of sp³-hybridized carbons (Fsp3) is 0.0526. The van der Waals surface area contributed by atoms with Crippen LogP contribution in [0.25, 0.3) is 16.7 Å². The van der Waals surface area contributed by atoms with Gasteiger partial charge in [0.25, 0.3) is 0 Å². The van der Waals surface area contributed by atoms with E-state index < -0.39 is 11.7 Å². The molecule has 0 bridgehead atoms. The number of hydrogen-bond acceptors (Lipinski definition) is 3. The molecule has 0 aliphatic heterocycles. The average molecular weight is 371 g/mol. The maximum Gasteiger partial charge on any atom is 0.416 e. The number of fused-ring (bicyclic) bond motifs is 1. The highest BCUT2D eigenvalue weighted by Gasteiger charge is 2.30. The Hall–Kier alpha value is -3.55. The van der Waals surface area contributed by atoms with Gasteiger partial charge in [-0.1, -0.05) is 0 Å². The molecule has 0 aliphatic rings. The number of benzene rings is 2. The maximum atomic E-state index is 12.6. The Bertz CT molecular complexity index is 1140. The highest BCUT2D eigenvalue weighted by atomic mass is 19.4. The Morgan fingerprint density at radius 3 is 2.19 bits per heavy atom. The molecule has 136 valence electrons. The Labute approximate surface area is 150 Å². The summed E-state index contributed by atoms with van der Waals surface area (Å²) in [5.41, 5.74) is 0.893. The summed E-state index contributed by atoms with van der Waals surface area (Å²) < 4.78 is 44.8. The van der Waals surface area contributed by atoms with E-state index in [1.165, 1.54) is 16.7 Å². The first-order chi connectivity index (χ1) is 12.9. The smallest absolute Gasteiger partial charge is 0.416 e. The second-order valence-corrected chi connectivity index (χ2v) is 5.78. The molecule has 1 N–H and O–H groups in total. The highest BCUT2D eigenvalue weighted by molar-refractivity contribution is 5.76. The standard InChI is InChI=1S/C19H12F3N3O2/c20-19(21,22)12-1-5-14(6-2-12)27-15-7-3-13(4-8-15)25-17-9-10-23-11-16(17)24-18(25)26/h1-11H,(H,24,26). The molecule has 0 amide bonds. The van der Waals surface area contributed by atoms with Crippen LogP contribution in [0.15, 0.2) is 71.8 Å². The quantitative estimate of drug-likeness (QED) is 0.576. The fourth-order valence-corrected chi connectivity index (χ4v) is 2.73. The lowest BCUT2D eigenvalue weighted by Gasteiger charge is -2.10. The SMILES string of the molecule is O=c1[nH]c2cnccc2n1-c1ccc(Oc2ccc(C(F)(F)F)cc2)cc1. The molecule has 5 nitrogen and oxygen atoms in total. The van der Waals surface area contributed by atoms with E-state index in [2.05, 4.69) is 9.97 Å². The minimum absolute atomic E-state index is 0.283. The molecule has 0 atom stereocenters. The topological polar surface area (TPSA) is 59.9 Å². The van der Waals surface area contributed by atoms with E-state index in [4.69, 9.17) is 4.74 Å². The van der Waals surface area contributed by atoms with Gasteiger partial charge >= 0.3 is 11.9 Å². The summed E-state index contributed by atoms with van der Waals surface area (Å²) >= 11 is 0. The van der Waals surface area contributed by atoms with E-state index in [1.807, 2.05) is 0 Å². The molecule has 2 aromatic carbocycles. The lowest BCUT2D eigenvalue weighted by molar-refractivity contribution is -0.137. The number of aromatic amines is 1. The van der Waals surface area contributed by atoms with Gasteiger partial charge in [-0.25, -0.2) is 4.79 Å². The van der Waals surface area contributed by atoms with Crippen molar-refractivity contribution in [3.63, 3.8) is 0 Å². The lowest BCUT2D eigenvalue weighted by Crippen LogP contribution is -2.14. The summed E-state index contributed by atoms with van der Waals surface area (Å²) in [6.45, 7) is 0. The highest BCUT2D eigenvalue weighted by Crippen LogP contribution is 2.31. The molecule has 0 fully saturated rings. The van der Waals surface area contributed by atoms with Gasteiger partial charge < -0.3 is 9.72 Å². The molecule has 27 heavy (non-hydrogen) atoms. The number of hydrogen-bond donors (Lipinski definition) is 1. The third-order valence-electron chi connectivity index (χ3n) is 4.00. The second-order valence-electron chi connectivity index (χ2n) is 5.78. The predicted molar refractivity (Wildman–Crippen MR) is 93.2 cm³/mol. The van der Waals surface area contributed by atoms with Crippen LogP contribution < -0.4 is 10.4 Å². The van der Waals surface area contributed by atoms with Crippen molar-refractivity contribution in [2.45, 2.75) is 6.18 Å². The van der Waals surface area contributed by atoms with E-state index in [9.17, 15) is 18.0 Å². The molecule has 4 aromatic rings. The largest absolute Gasteiger partial charge is 0.457 e. The van der Waals surface area contributed by atoms with Crippen LogP contribution in [-0.4, -0.2) is 14.5 Å². The molecule has 2 aromatic heterocycles. The summed E-state index contributed by atoms with van der Waals surface area (Å²) in [5, 5.41) is 0. The van der Waals surface area contributed by atoms with E-state index in [0.717, 1.165) is 12.1 Å². The molecule has 8 heteroatoms. The van der Waals surface area contributed by atoms with Crippen molar-refractivity contribution in [3.8, 4) is 17.2 Å². The molecule has 0 radical (unpaired) electrons. The normalized spacial score (nSPS) is 11.7. The van der Waals surface area contributed by atoms with Crippen molar-refractivity contribution >= 4 is 11.0 Å². The number of alkyl halides is 3. The van der Waals surface area contributed by atoms with Crippen molar-refractivity contribution < 1.29 is 17.9 Å². The summed E-state index contributed by atoms with van der Waals surface area (Å²) in [6, 6.07) is 12.8. The number of halogens is 3. The van der Waals surface area contributed by atoms with Gasteiger partial charge in [-0.05, 0) is 54.6 Å². The Kier molecular flexibility index (Phi) is 3.95. The van der Waals surface area contributed by atoms with Gasteiger partial charge in [0.05, 0.1) is 28.5 Å². The monoisotopic (exact) mass is 371 g/mol. The summed E-state index contributed by atoms with van der Waals surface area (Å²) in [5.74, 6) is 0.721. The van der Waals surface area contributed by atoms with Crippen LogP contribution in [0.5, 0.6) is 11.5 Å². The van der Waals surface area contributed by atoms with Crippen LogP contribution in [0.4, 0.5) is 13.2 Å². The molecule has 4 rings (SSSR count). The number of rotatable bonds is 3. The number of ether oxygens (including phenoxy) is 1. The van der Waals surface area contributed by atoms with E-state index >= 15 is 0 Å². The second kappa shape index (κ2) is 6.31. The van der Waals surface area contributed by atoms with E-state index in [-0.39, 0.29) is 11.4 Å². The summed E-state index contributed by atoms with van der Waals surface area (Å²) in [6.07, 6.45) is -1.23. The molecule has 0 unspecified atom stereocenters. The number of nitrogens with one attached hydrogen (secondary N) is 1. The van der Waals surface area contributed by atoms with Gasteiger partial charge in [-0.3, -0.25) is 9.55 Å². The van der Waals surface area contributed by atoms with Crippen molar-refractivity contribution in [2.24, 2.45) is 0 Å². The van der Waals surface area contributed by atoms with Gasteiger partial charge in [0.1, 0.15) is 11.5 Å². The first kappa shape index (κ1) is 16.9. The van der Waals surface area contributed by atoms with Crippen LogP contribution in [0.2, 0.25) is 0 Å². The number of pyridine rings is 1. The molecule has 0 spiro atoms.